The molecule has 0 radical (unpaired) electrons. The number of rotatable bonds is 5. The van der Waals surface area contributed by atoms with Crippen LogP contribution in [0.2, 0.25) is 0 Å². The number of nitrogens with one attached hydrogen (secondary N) is 3. The molecule has 4 N–H and O–H groups in total. The van der Waals surface area contributed by atoms with Gasteiger partial charge in [0, 0.05) is 18.3 Å². The van der Waals surface area contributed by atoms with Crippen LogP contribution in [0, 0.1) is 17.8 Å². The summed E-state index contributed by atoms with van der Waals surface area (Å²) in [4.78, 5) is 13.0. The van der Waals surface area contributed by atoms with E-state index in [1.54, 1.807) is 7.11 Å². The number of carbonyl (C=O) groups is 1. The summed E-state index contributed by atoms with van der Waals surface area (Å²) in [6.45, 7) is 0.180. The Morgan fingerprint density at radius 1 is 1.16 bits per heavy atom. The average molecular weight is 434 g/mol. The van der Waals surface area contributed by atoms with Crippen molar-refractivity contribution in [3.05, 3.63) is 59.2 Å². The van der Waals surface area contributed by atoms with E-state index in [2.05, 4.69) is 46.5 Å². The van der Waals surface area contributed by atoms with Crippen LogP contribution in [0.25, 0.3) is 0 Å². The molecule has 5 unspecified atom stereocenters. The van der Waals surface area contributed by atoms with E-state index in [0.29, 0.717) is 36.3 Å². The molecule has 3 fully saturated rings. The zero-order valence-electron chi connectivity index (χ0n) is 18.4. The minimum Gasteiger partial charge on any atom is -0.497 e. The van der Waals surface area contributed by atoms with Crippen molar-refractivity contribution in [2.45, 2.75) is 49.6 Å². The smallest absolute Gasteiger partial charge is 0.235 e. The fourth-order valence-electron chi connectivity index (χ4n) is 6.77. The highest BCUT2D eigenvalue weighted by Gasteiger charge is 2.67. The zero-order chi connectivity index (χ0) is 21.9. The predicted octanol–water partition coefficient (Wildman–Crippen LogP) is 3.07. The van der Waals surface area contributed by atoms with Crippen molar-refractivity contribution in [2.24, 2.45) is 17.8 Å². The van der Waals surface area contributed by atoms with Gasteiger partial charge in [-0.15, -0.1) is 0 Å². The number of hydrogen-bond donors (Lipinski definition) is 4. The number of fused-ring (bicyclic) bond motifs is 3. The molecule has 32 heavy (non-hydrogen) atoms. The van der Waals surface area contributed by atoms with Gasteiger partial charge in [0.05, 0.1) is 18.6 Å². The maximum absolute atomic E-state index is 13.0. The van der Waals surface area contributed by atoms with Crippen LogP contribution >= 0.6 is 0 Å². The molecule has 0 bridgehead atoms. The van der Waals surface area contributed by atoms with Crippen LogP contribution in [0.1, 0.15) is 48.4 Å². The third-order valence-electron chi connectivity index (χ3n) is 8.45. The second-order valence-corrected chi connectivity index (χ2v) is 9.98. The first-order valence-corrected chi connectivity index (χ1v) is 11.8. The second kappa shape index (κ2) is 7.58. The number of methoxy groups -OCH3 is 1. The van der Waals surface area contributed by atoms with Gasteiger partial charge in [0.2, 0.25) is 5.91 Å². The SMILES string of the molecule is COc1ccc2c(c1)[C@]1(CC1C1CCC3C(C1)NNC3c1cccc(CCO)c1)C(=O)N2. The van der Waals surface area contributed by atoms with E-state index in [9.17, 15) is 9.90 Å². The maximum Gasteiger partial charge on any atom is 0.235 e. The maximum atomic E-state index is 13.0. The van der Waals surface area contributed by atoms with E-state index in [1.165, 1.54) is 11.1 Å². The summed E-state index contributed by atoms with van der Waals surface area (Å²) in [7, 11) is 1.68. The molecule has 2 aliphatic heterocycles. The van der Waals surface area contributed by atoms with Crippen LogP contribution in [-0.2, 0) is 16.6 Å². The molecule has 2 heterocycles. The summed E-state index contributed by atoms with van der Waals surface area (Å²) >= 11 is 0. The van der Waals surface area contributed by atoms with Gasteiger partial charge in [-0.3, -0.25) is 10.2 Å². The van der Waals surface area contributed by atoms with Gasteiger partial charge in [-0.2, -0.15) is 0 Å². The number of ether oxygens (including phenoxy) is 1. The van der Waals surface area contributed by atoms with Gasteiger partial charge in [-0.1, -0.05) is 24.3 Å². The number of hydrogen-bond acceptors (Lipinski definition) is 5. The lowest BCUT2D eigenvalue weighted by molar-refractivity contribution is -0.118. The highest BCUT2D eigenvalue weighted by Crippen LogP contribution is 2.65. The summed E-state index contributed by atoms with van der Waals surface area (Å²) in [6.07, 6.45) is 5.06. The molecule has 6 atom stereocenters. The molecule has 1 saturated heterocycles. The fraction of sp³-hybridized carbons (Fsp3) is 0.500. The Kier molecular flexibility index (Phi) is 4.79. The Morgan fingerprint density at radius 2 is 2.06 bits per heavy atom. The largest absolute Gasteiger partial charge is 0.497 e. The monoisotopic (exact) mass is 433 g/mol. The first kappa shape index (κ1) is 20.2. The minimum atomic E-state index is -0.356. The quantitative estimate of drug-likeness (QED) is 0.583. The van der Waals surface area contributed by atoms with Gasteiger partial charge in [-0.25, -0.2) is 5.43 Å². The fourth-order valence-corrected chi connectivity index (χ4v) is 6.77. The Morgan fingerprint density at radius 3 is 2.91 bits per heavy atom. The highest BCUT2D eigenvalue weighted by atomic mass is 16.5. The molecule has 2 aromatic rings. The summed E-state index contributed by atoms with van der Waals surface area (Å²) < 4.78 is 5.44. The average Bonchev–Trinajstić information content (AvgIpc) is 3.34. The van der Waals surface area contributed by atoms with E-state index < -0.39 is 0 Å². The molecular formula is C26H31N3O3. The number of aliphatic hydroxyl groups is 1. The second-order valence-electron chi connectivity index (χ2n) is 9.98. The van der Waals surface area contributed by atoms with Crippen LogP contribution in [0.4, 0.5) is 5.69 Å². The van der Waals surface area contributed by atoms with Crippen molar-refractivity contribution >= 4 is 11.6 Å². The van der Waals surface area contributed by atoms with E-state index in [-0.39, 0.29) is 17.9 Å². The lowest BCUT2D eigenvalue weighted by Crippen LogP contribution is -2.37. The van der Waals surface area contributed by atoms with Crippen LogP contribution in [0.15, 0.2) is 42.5 Å². The van der Waals surface area contributed by atoms with Crippen molar-refractivity contribution in [3.8, 4) is 5.75 Å². The standard InChI is InChI=1S/C26H31N3O3/c1-32-18-6-8-22-20(13-18)26(25(31)27-22)14-21(26)16-5-7-19-23(12-16)28-29-24(19)17-4-2-3-15(11-17)9-10-30/h2-4,6,8,11,13,16,19,21,23-24,28-30H,5,7,9-10,12,14H2,1H3,(H,27,31)/t16?,19?,21?,23?,24?,26-/m0/s1. The Bertz CT molecular complexity index is 1060. The molecule has 2 aliphatic carbocycles. The van der Waals surface area contributed by atoms with Gasteiger partial charge in [0.1, 0.15) is 5.75 Å². The van der Waals surface area contributed by atoms with Crippen LogP contribution in [0.3, 0.4) is 0 Å². The van der Waals surface area contributed by atoms with Crippen molar-refractivity contribution in [2.75, 3.05) is 19.0 Å². The molecule has 168 valence electrons. The van der Waals surface area contributed by atoms with Crippen LogP contribution in [-0.4, -0.2) is 30.8 Å². The molecule has 2 saturated carbocycles. The van der Waals surface area contributed by atoms with Gasteiger partial charge < -0.3 is 15.2 Å². The molecule has 6 nitrogen and oxygen atoms in total. The topological polar surface area (TPSA) is 82.6 Å². The van der Waals surface area contributed by atoms with E-state index in [4.69, 9.17) is 4.74 Å². The highest BCUT2D eigenvalue weighted by molar-refractivity contribution is 6.09. The predicted molar refractivity (Wildman–Crippen MR) is 122 cm³/mol. The Hall–Kier alpha value is -2.41. The number of amides is 1. The summed E-state index contributed by atoms with van der Waals surface area (Å²) in [5, 5.41) is 12.4. The third kappa shape index (κ3) is 3.00. The molecule has 6 rings (SSSR count). The molecule has 1 amide bonds. The van der Waals surface area contributed by atoms with Crippen LogP contribution in [0.5, 0.6) is 5.75 Å². The third-order valence-corrected chi connectivity index (χ3v) is 8.45. The molecular weight excluding hydrogens is 402 g/mol. The van der Waals surface area contributed by atoms with Crippen molar-refractivity contribution in [1.82, 2.24) is 10.9 Å². The van der Waals surface area contributed by atoms with Crippen molar-refractivity contribution in [3.63, 3.8) is 0 Å². The van der Waals surface area contributed by atoms with Gasteiger partial charge in [-0.05, 0) is 84.7 Å². The first-order valence-electron chi connectivity index (χ1n) is 11.8. The van der Waals surface area contributed by atoms with E-state index >= 15 is 0 Å². The molecule has 0 aromatic heterocycles. The Labute approximate surface area is 188 Å². The summed E-state index contributed by atoms with van der Waals surface area (Å²) in [5.74, 6) is 2.50. The number of benzene rings is 2. The normalized spacial score (nSPS) is 34.8. The van der Waals surface area contributed by atoms with Gasteiger partial charge in [0.25, 0.3) is 0 Å². The van der Waals surface area contributed by atoms with Crippen molar-refractivity contribution < 1.29 is 14.6 Å². The molecule has 2 aromatic carbocycles. The molecule has 1 spiro atoms. The van der Waals surface area contributed by atoms with Gasteiger partial charge >= 0.3 is 0 Å². The molecule has 4 aliphatic rings. The summed E-state index contributed by atoms with van der Waals surface area (Å²) in [5.41, 5.74) is 11.3. The summed E-state index contributed by atoms with van der Waals surface area (Å²) in [6, 6.07) is 15.3. The molecule has 6 heteroatoms. The number of aliphatic hydroxyl groups excluding tert-OH is 1. The zero-order valence-corrected chi connectivity index (χ0v) is 18.4. The first-order chi connectivity index (χ1) is 15.6. The minimum absolute atomic E-state index is 0.170. The number of carbonyl (C=O) groups excluding carboxylic acids is 1. The van der Waals surface area contributed by atoms with E-state index in [1.807, 2.05) is 12.1 Å². The van der Waals surface area contributed by atoms with Crippen LogP contribution < -0.4 is 20.9 Å². The lowest BCUT2D eigenvalue weighted by Gasteiger charge is -2.34. The Balaban J connectivity index is 1.18. The number of hydrazine groups is 1. The number of anilines is 1. The lowest BCUT2D eigenvalue weighted by atomic mass is 9.72. The van der Waals surface area contributed by atoms with Gasteiger partial charge in [0.15, 0.2) is 0 Å². The van der Waals surface area contributed by atoms with Crippen molar-refractivity contribution in [1.29, 1.82) is 0 Å². The van der Waals surface area contributed by atoms with E-state index in [0.717, 1.165) is 42.7 Å².